The van der Waals surface area contributed by atoms with Crippen molar-refractivity contribution in [2.24, 2.45) is 0 Å². The van der Waals surface area contributed by atoms with Gasteiger partial charge < -0.3 is 10.0 Å². The van der Waals surface area contributed by atoms with Crippen LogP contribution in [0.4, 0.5) is 0 Å². The lowest BCUT2D eigenvalue weighted by Crippen LogP contribution is -2.55. The van der Waals surface area contributed by atoms with E-state index in [1.54, 1.807) is 0 Å². The summed E-state index contributed by atoms with van der Waals surface area (Å²) in [5.74, 6) is 0.275. The van der Waals surface area contributed by atoms with Crippen LogP contribution in [0.2, 0.25) is 0 Å². The van der Waals surface area contributed by atoms with Gasteiger partial charge in [0.1, 0.15) is 0 Å². The number of carbonyl (C=O) groups excluding carboxylic acids is 1. The second-order valence-electron chi connectivity index (χ2n) is 6.52. The first-order valence-electron chi connectivity index (χ1n) is 8.47. The van der Waals surface area contributed by atoms with Crippen LogP contribution in [0.3, 0.4) is 0 Å². The summed E-state index contributed by atoms with van der Waals surface area (Å²) < 4.78 is 0. The van der Waals surface area contributed by atoms with Crippen LogP contribution in [-0.4, -0.2) is 84.2 Å². The molecule has 1 aliphatic carbocycles. The number of amides is 1. The SMILES string of the molecule is C[C@@H](C(=O)N(C)C1CCCCC1)N1CCN(CCO)CC1. The van der Waals surface area contributed by atoms with E-state index in [1.807, 2.05) is 18.9 Å². The number of piperazine rings is 1. The van der Waals surface area contributed by atoms with Crippen LogP contribution in [0.1, 0.15) is 39.0 Å². The number of nitrogens with zero attached hydrogens (tertiary/aromatic N) is 3. The summed E-state index contributed by atoms with van der Waals surface area (Å²) in [6, 6.07) is 0.428. The minimum absolute atomic E-state index is 0.0202. The molecule has 1 atom stereocenters. The van der Waals surface area contributed by atoms with Gasteiger partial charge >= 0.3 is 0 Å². The molecule has 1 aliphatic heterocycles. The monoisotopic (exact) mass is 297 g/mol. The van der Waals surface area contributed by atoms with Crippen molar-refractivity contribution in [3.05, 3.63) is 0 Å². The molecule has 1 heterocycles. The highest BCUT2D eigenvalue weighted by molar-refractivity contribution is 5.81. The highest BCUT2D eigenvalue weighted by Gasteiger charge is 2.30. The van der Waals surface area contributed by atoms with Gasteiger partial charge in [0.15, 0.2) is 0 Å². The van der Waals surface area contributed by atoms with E-state index < -0.39 is 0 Å². The standard InChI is InChI=1S/C16H31N3O2/c1-14(19-10-8-18(9-11-19)12-13-20)16(21)17(2)15-6-4-3-5-7-15/h14-15,20H,3-13H2,1-2H3/t14-/m0/s1. The number of aliphatic hydroxyl groups is 1. The predicted molar refractivity (Wildman–Crippen MR) is 84.2 cm³/mol. The molecule has 2 fully saturated rings. The first-order valence-corrected chi connectivity index (χ1v) is 8.47. The molecule has 0 radical (unpaired) electrons. The minimum Gasteiger partial charge on any atom is -0.395 e. The molecule has 21 heavy (non-hydrogen) atoms. The fourth-order valence-corrected chi connectivity index (χ4v) is 3.61. The van der Waals surface area contributed by atoms with Gasteiger partial charge in [0.25, 0.3) is 0 Å². The van der Waals surface area contributed by atoms with Crippen LogP contribution < -0.4 is 0 Å². The molecular weight excluding hydrogens is 266 g/mol. The molecule has 0 unspecified atom stereocenters. The van der Waals surface area contributed by atoms with E-state index in [0.29, 0.717) is 6.04 Å². The van der Waals surface area contributed by atoms with E-state index in [2.05, 4.69) is 9.80 Å². The van der Waals surface area contributed by atoms with Crippen molar-refractivity contribution in [2.75, 3.05) is 46.4 Å². The van der Waals surface area contributed by atoms with Crippen molar-refractivity contribution in [3.63, 3.8) is 0 Å². The largest absolute Gasteiger partial charge is 0.395 e. The molecule has 0 aromatic carbocycles. The Kier molecular flexibility index (Phi) is 6.45. The van der Waals surface area contributed by atoms with Crippen LogP contribution >= 0.6 is 0 Å². The molecule has 122 valence electrons. The average Bonchev–Trinajstić information content (AvgIpc) is 2.54. The quantitative estimate of drug-likeness (QED) is 0.814. The minimum atomic E-state index is -0.0202. The molecule has 1 saturated carbocycles. The molecule has 2 rings (SSSR count). The molecule has 1 amide bonds. The Morgan fingerprint density at radius 3 is 2.38 bits per heavy atom. The van der Waals surface area contributed by atoms with Gasteiger partial charge in [-0.3, -0.25) is 14.6 Å². The van der Waals surface area contributed by atoms with E-state index in [9.17, 15) is 4.79 Å². The summed E-state index contributed by atoms with van der Waals surface area (Å²) in [6.45, 7) is 6.76. The second-order valence-corrected chi connectivity index (χ2v) is 6.52. The lowest BCUT2D eigenvalue weighted by Gasteiger charge is -2.40. The lowest BCUT2D eigenvalue weighted by molar-refractivity contribution is -0.138. The zero-order valence-electron chi connectivity index (χ0n) is 13.6. The maximum atomic E-state index is 12.7. The van der Waals surface area contributed by atoms with Crippen molar-refractivity contribution in [2.45, 2.75) is 51.1 Å². The van der Waals surface area contributed by atoms with Gasteiger partial charge in [-0.15, -0.1) is 0 Å². The van der Waals surface area contributed by atoms with Crippen LogP contribution in [0.5, 0.6) is 0 Å². The van der Waals surface area contributed by atoms with Crippen molar-refractivity contribution in [1.29, 1.82) is 0 Å². The maximum Gasteiger partial charge on any atom is 0.239 e. The molecule has 5 heteroatoms. The third-order valence-corrected chi connectivity index (χ3v) is 5.20. The summed E-state index contributed by atoms with van der Waals surface area (Å²) in [5.41, 5.74) is 0. The predicted octanol–water partition coefficient (Wildman–Crippen LogP) is 0.776. The molecule has 5 nitrogen and oxygen atoms in total. The zero-order valence-corrected chi connectivity index (χ0v) is 13.6. The highest BCUT2D eigenvalue weighted by atomic mass is 16.3. The van der Waals surface area contributed by atoms with Crippen LogP contribution in [0.15, 0.2) is 0 Å². The molecular formula is C16H31N3O2. The number of hydrogen-bond acceptors (Lipinski definition) is 4. The highest BCUT2D eigenvalue weighted by Crippen LogP contribution is 2.22. The average molecular weight is 297 g/mol. The number of likely N-dealkylation sites (N-methyl/N-ethyl adjacent to an activating group) is 1. The first kappa shape index (κ1) is 16.7. The lowest BCUT2D eigenvalue weighted by atomic mass is 9.94. The summed E-state index contributed by atoms with van der Waals surface area (Å²) in [4.78, 5) is 19.2. The molecule has 1 saturated heterocycles. The van der Waals surface area contributed by atoms with E-state index in [1.165, 1.54) is 32.1 Å². The molecule has 1 N–H and O–H groups in total. The van der Waals surface area contributed by atoms with Gasteiger partial charge in [0, 0.05) is 45.8 Å². The Morgan fingerprint density at radius 1 is 1.19 bits per heavy atom. The van der Waals surface area contributed by atoms with E-state index in [4.69, 9.17) is 5.11 Å². The van der Waals surface area contributed by atoms with Crippen LogP contribution in [0.25, 0.3) is 0 Å². The van der Waals surface area contributed by atoms with Gasteiger partial charge in [0.2, 0.25) is 5.91 Å². The Balaban J connectivity index is 1.81. The molecule has 0 bridgehead atoms. The Hall–Kier alpha value is -0.650. The topological polar surface area (TPSA) is 47.0 Å². The number of carbonyl (C=O) groups is 1. The fraction of sp³-hybridized carbons (Fsp3) is 0.938. The Labute approximate surface area is 128 Å². The van der Waals surface area contributed by atoms with Crippen LogP contribution in [-0.2, 0) is 4.79 Å². The van der Waals surface area contributed by atoms with Gasteiger partial charge in [0.05, 0.1) is 12.6 Å². The fourth-order valence-electron chi connectivity index (χ4n) is 3.61. The summed E-state index contributed by atoms with van der Waals surface area (Å²) in [6.07, 6.45) is 6.17. The van der Waals surface area contributed by atoms with Crippen molar-refractivity contribution < 1.29 is 9.90 Å². The number of hydrogen-bond donors (Lipinski definition) is 1. The van der Waals surface area contributed by atoms with Gasteiger partial charge in [-0.2, -0.15) is 0 Å². The van der Waals surface area contributed by atoms with E-state index in [-0.39, 0.29) is 18.6 Å². The smallest absolute Gasteiger partial charge is 0.239 e. The van der Waals surface area contributed by atoms with Crippen molar-refractivity contribution in [3.8, 4) is 0 Å². The first-order chi connectivity index (χ1) is 10.1. The van der Waals surface area contributed by atoms with Crippen molar-refractivity contribution >= 4 is 5.91 Å². The van der Waals surface area contributed by atoms with Gasteiger partial charge in [-0.25, -0.2) is 0 Å². The van der Waals surface area contributed by atoms with Crippen LogP contribution in [0, 0.1) is 0 Å². The molecule has 0 spiro atoms. The Bertz CT molecular complexity index is 323. The second kappa shape index (κ2) is 8.11. The number of rotatable bonds is 5. The normalized spacial score (nSPS) is 24.0. The van der Waals surface area contributed by atoms with E-state index in [0.717, 1.165) is 32.7 Å². The molecule has 0 aromatic rings. The van der Waals surface area contributed by atoms with E-state index >= 15 is 0 Å². The van der Waals surface area contributed by atoms with Gasteiger partial charge in [-0.05, 0) is 19.8 Å². The zero-order chi connectivity index (χ0) is 15.2. The summed E-state index contributed by atoms with van der Waals surface area (Å²) in [7, 11) is 1.98. The summed E-state index contributed by atoms with van der Waals surface area (Å²) in [5, 5.41) is 8.98. The summed E-state index contributed by atoms with van der Waals surface area (Å²) >= 11 is 0. The third kappa shape index (κ3) is 4.41. The third-order valence-electron chi connectivity index (χ3n) is 5.20. The van der Waals surface area contributed by atoms with Crippen molar-refractivity contribution in [1.82, 2.24) is 14.7 Å². The number of β-amino-alcohol motifs (C(OH)–C–C–N with tert-alkyl or cyclic N) is 1. The Morgan fingerprint density at radius 2 is 1.81 bits per heavy atom. The molecule has 0 aromatic heterocycles. The maximum absolute atomic E-state index is 12.7. The molecule has 2 aliphatic rings. The number of aliphatic hydroxyl groups excluding tert-OH is 1. The van der Waals surface area contributed by atoms with Gasteiger partial charge in [-0.1, -0.05) is 19.3 Å².